The van der Waals surface area contributed by atoms with Crippen molar-refractivity contribution in [1.29, 1.82) is 0 Å². The Balaban J connectivity index is 0.000000591. The number of rotatable bonds is 4. The summed E-state index contributed by atoms with van der Waals surface area (Å²) >= 11 is 6.50. The highest BCUT2D eigenvalue weighted by Gasteiger charge is 2.44. The molecule has 4 fully saturated rings. The van der Waals surface area contributed by atoms with E-state index < -0.39 is 30.0 Å². The molecular weight excluding hydrogens is 629 g/mol. The lowest BCUT2D eigenvalue weighted by Crippen LogP contribution is -2.53. The van der Waals surface area contributed by atoms with Crippen LogP contribution in [0, 0.1) is 18.3 Å². The summed E-state index contributed by atoms with van der Waals surface area (Å²) in [6, 6.07) is 2.86. The van der Waals surface area contributed by atoms with Gasteiger partial charge in [-0.15, -0.1) is 0 Å². The predicted octanol–water partition coefficient (Wildman–Crippen LogP) is 4.29. The van der Waals surface area contributed by atoms with Gasteiger partial charge in [0.05, 0.1) is 17.3 Å². The second-order valence-corrected chi connectivity index (χ2v) is 12.6. The Kier molecular flexibility index (Phi) is 10.6. The van der Waals surface area contributed by atoms with Crippen molar-refractivity contribution in [2.75, 3.05) is 57.3 Å². The van der Waals surface area contributed by atoms with Crippen LogP contribution in [0.4, 0.5) is 32.4 Å². The molecule has 4 amide bonds. The standard InChI is InChI=1S/C27H36ClF2N5O3.C2HF3O2/c1-18-14-19(15-21(23(18)28)35-9-3-22(36)32-25(35)38)24(37)34-12-6-26(7-13-34)4-10-33(11-5-26)16-20-2-8-31-17-27(20,29)30;3-2(4,5)1(6)7/h14-15,20,31H,2-13,16-17H2,1H3,(H,32,36,38);(H,6,7)/t20-;/m0./s1. The number of urea groups is 1. The van der Waals surface area contributed by atoms with Crippen LogP contribution in [0.2, 0.25) is 5.02 Å². The van der Waals surface area contributed by atoms with Crippen LogP contribution in [0.15, 0.2) is 12.1 Å². The average Bonchev–Trinajstić information content (AvgIpc) is 2.97. The summed E-state index contributed by atoms with van der Waals surface area (Å²) in [5.41, 5.74) is 1.75. The number of halogens is 6. The van der Waals surface area contributed by atoms with Gasteiger partial charge in [-0.1, -0.05) is 11.6 Å². The van der Waals surface area contributed by atoms with Crippen molar-refractivity contribution in [1.82, 2.24) is 20.4 Å². The van der Waals surface area contributed by atoms with E-state index in [9.17, 15) is 36.3 Å². The van der Waals surface area contributed by atoms with Gasteiger partial charge in [-0.05, 0) is 81.8 Å². The third-order valence-electron chi connectivity index (χ3n) is 9.20. The number of alkyl halides is 5. The van der Waals surface area contributed by atoms with Gasteiger partial charge in [0.25, 0.3) is 11.8 Å². The van der Waals surface area contributed by atoms with Crippen LogP contribution in [-0.2, 0) is 9.59 Å². The lowest BCUT2D eigenvalue weighted by molar-refractivity contribution is -0.192. The highest BCUT2D eigenvalue weighted by atomic mass is 35.5. The first-order valence-corrected chi connectivity index (χ1v) is 15.2. The molecule has 3 N–H and O–H groups in total. The van der Waals surface area contributed by atoms with Crippen LogP contribution < -0.4 is 15.5 Å². The van der Waals surface area contributed by atoms with Crippen molar-refractivity contribution in [2.45, 2.75) is 57.5 Å². The van der Waals surface area contributed by atoms with Crippen molar-refractivity contribution in [3.8, 4) is 0 Å². The van der Waals surface area contributed by atoms with Crippen LogP contribution in [0.1, 0.15) is 54.4 Å². The fraction of sp³-hybridized carbons (Fsp3) is 0.655. The Morgan fingerprint density at radius 1 is 1.04 bits per heavy atom. The molecule has 0 bridgehead atoms. The van der Waals surface area contributed by atoms with E-state index in [0.29, 0.717) is 54.4 Å². The first-order valence-electron chi connectivity index (χ1n) is 14.8. The van der Waals surface area contributed by atoms with Crippen LogP contribution in [-0.4, -0.2) is 103 Å². The molecule has 0 saturated carbocycles. The molecule has 4 aliphatic heterocycles. The number of carbonyl (C=O) groups is 4. The number of nitrogens with zero attached hydrogens (tertiary/aromatic N) is 3. The van der Waals surface area contributed by atoms with Crippen LogP contribution in [0.5, 0.6) is 0 Å². The quantitative estimate of drug-likeness (QED) is 0.411. The zero-order valence-corrected chi connectivity index (χ0v) is 25.6. The molecule has 10 nitrogen and oxygen atoms in total. The number of imide groups is 1. The van der Waals surface area contributed by atoms with Gasteiger partial charge in [-0.2, -0.15) is 13.2 Å². The third kappa shape index (κ3) is 8.41. The summed E-state index contributed by atoms with van der Waals surface area (Å²) in [5, 5.41) is 12.6. The number of aryl methyl sites for hydroxylation is 1. The Morgan fingerprint density at radius 3 is 2.20 bits per heavy atom. The van der Waals surface area contributed by atoms with E-state index >= 15 is 0 Å². The number of nitrogens with one attached hydrogen (secondary N) is 2. The number of benzene rings is 1. The monoisotopic (exact) mass is 665 g/mol. The summed E-state index contributed by atoms with van der Waals surface area (Å²) in [5.74, 6) is -6.41. The normalized spacial score (nSPS) is 23.7. The fourth-order valence-corrected chi connectivity index (χ4v) is 6.58. The van der Waals surface area contributed by atoms with Crippen molar-refractivity contribution >= 4 is 41.1 Å². The largest absolute Gasteiger partial charge is 0.490 e. The molecule has 0 unspecified atom stereocenters. The molecule has 1 spiro atoms. The molecule has 250 valence electrons. The number of hydrogen-bond acceptors (Lipinski definition) is 6. The minimum absolute atomic E-state index is 0.0973. The van der Waals surface area contributed by atoms with Gasteiger partial charge in [0, 0.05) is 44.1 Å². The third-order valence-corrected chi connectivity index (χ3v) is 9.70. The van der Waals surface area contributed by atoms with E-state index in [1.54, 1.807) is 19.1 Å². The summed E-state index contributed by atoms with van der Waals surface area (Å²) < 4.78 is 60.3. The maximum absolute atomic E-state index is 14.3. The van der Waals surface area contributed by atoms with E-state index in [1.807, 2.05) is 4.90 Å². The number of anilines is 1. The SMILES string of the molecule is Cc1cc(C(=O)N2CCC3(CCN(C[C@@H]4CCNCC4(F)F)CC3)CC2)cc(N2CCC(=O)NC2=O)c1Cl.O=C(O)C(F)(F)F. The lowest BCUT2D eigenvalue weighted by atomic mass is 9.71. The summed E-state index contributed by atoms with van der Waals surface area (Å²) in [6.45, 7) is 5.83. The van der Waals surface area contributed by atoms with Gasteiger partial charge in [0.1, 0.15) is 0 Å². The maximum Gasteiger partial charge on any atom is 0.490 e. The Morgan fingerprint density at radius 2 is 1.64 bits per heavy atom. The molecule has 4 aliphatic rings. The van der Waals surface area contributed by atoms with Crippen molar-refractivity contribution < 1.29 is 46.2 Å². The molecule has 1 atom stereocenters. The molecule has 0 aromatic heterocycles. The fourth-order valence-electron chi connectivity index (χ4n) is 6.36. The molecule has 45 heavy (non-hydrogen) atoms. The van der Waals surface area contributed by atoms with Gasteiger partial charge in [0.2, 0.25) is 5.91 Å². The minimum atomic E-state index is -5.08. The lowest BCUT2D eigenvalue weighted by Gasteiger charge is -2.48. The molecule has 4 saturated heterocycles. The van der Waals surface area contributed by atoms with Crippen molar-refractivity contribution in [3.05, 3.63) is 28.3 Å². The van der Waals surface area contributed by atoms with E-state index in [1.165, 1.54) is 4.90 Å². The second kappa shape index (κ2) is 13.8. The van der Waals surface area contributed by atoms with E-state index in [-0.39, 0.29) is 36.7 Å². The summed E-state index contributed by atoms with van der Waals surface area (Å²) in [4.78, 5) is 51.8. The smallest absolute Gasteiger partial charge is 0.475 e. The first kappa shape index (κ1) is 34.8. The summed E-state index contributed by atoms with van der Waals surface area (Å²) in [6.07, 6.45) is -0.668. The number of carbonyl (C=O) groups excluding carboxylic acids is 3. The van der Waals surface area contributed by atoms with E-state index in [0.717, 1.165) is 38.8 Å². The predicted molar refractivity (Wildman–Crippen MR) is 155 cm³/mol. The number of likely N-dealkylation sites (tertiary alicyclic amines) is 2. The van der Waals surface area contributed by atoms with E-state index in [2.05, 4.69) is 15.5 Å². The topological polar surface area (TPSA) is 122 Å². The molecule has 1 aromatic rings. The highest BCUT2D eigenvalue weighted by Crippen LogP contribution is 2.42. The highest BCUT2D eigenvalue weighted by molar-refractivity contribution is 6.35. The van der Waals surface area contributed by atoms with Gasteiger partial charge in [-0.3, -0.25) is 19.8 Å². The number of amides is 4. The Bertz CT molecular complexity index is 1290. The number of piperidine rings is 3. The van der Waals surface area contributed by atoms with Crippen LogP contribution in [0.3, 0.4) is 0 Å². The van der Waals surface area contributed by atoms with Gasteiger partial charge >= 0.3 is 18.2 Å². The maximum atomic E-state index is 14.3. The molecule has 1 aromatic carbocycles. The average molecular weight is 666 g/mol. The first-order chi connectivity index (χ1) is 21.0. The molecule has 16 heteroatoms. The van der Waals surface area contributed by atoms with E-state index in [4.69, 9.17) is 21.5 Å². The van der Waals surface area contributed by atoms with Crippen molar-refractivity contribution in [3.63, 3.8) is 0 Å². The molecule has 0 aliphatic carbocycles. The molecule has 0 radical (unpaired) electrons. The Hall–Kier alpha value is -3.04. The number of carboxylic acids is 1. The second-order valence-electron chi connectivity index (χ2n) is 12.2. The zero-order valence-electron chi connectivity index (χ0n) is 24.8. The number of aliphatic carboxylic acids is 1. The van der Waals surface area contributed by atoms with Gasteiger partial charge < -0.3 is 20.2 Å². The zero-order chi connectivity index (χ0) is 33.2. The van der Waals surface area contributed by atoms with Gasteiger partial charge in [0.15, 0.2) is 0 Å². The summed E-state index contributed by atoms with van der Waals surface area (Å²) in [7, 11) is 0. The van der Waals surface area contributed by atoms with Crippen LogP contribution >= 0.6 is 11.6 Å². The molecule has 5 rings (SSSR count). The number of carboxylic acid groups (broad SMARTS) is 1. The Labute approximate surface area is 262 Å². The van der Waals surface area contributed by atoms with Gasteiger partial charge in [-0.25, -0.2) is 18.4 Å². The minimum Gasteiger partial charge on any atom is -0.475 e. The van der Waals surface area contributed by atoms with Crippen LogP contribution in [0.25, 0.3) is 0 Å². The number of hydrogen-bond donors (Lipinski definition) is 3. The molecular formula is C29H37ClF5N5O5. The molecule has 4 heterocycles. The van der Waals surface area contributed by atoms with Crippen molar-refractivity contribution in [2.24, 2.45) is 11.3 Å².